The van der Waals surface area contributed by atoms with Crippen molar-refractivity contribution in [3.8, 4) is 22.6 Å². The number of imidazole rings is 1. The number of likely N-dealkylation sites (tertiary alicyclic amines) is 1. The number of rotatable bonds is 4. The van der Waals surface area contributed by atoms with E-state index in [9.17, 15) is 18.0 Å². The van der Waals surface area contributed by atoms with Crippen molar-refractivity contribution in [1.82, 2.24) is 29.8 Å². The number of nitrogens with zero attached hydrogens (tertiary/aromatic N) is 5. The largest absolute Gasteiger partial charge is 0.490 e. The average Bonchev–Trinajstić information content (AvgIpc) is 3.56. The summed E-state index contributed by atoms with van der Waals surface area (Å²) in [6, 6.07) is 11.7. The molecular weight excluding hydrogens is 513 g/mol. The molecular formula is C27H25F3N6O3. The second-order valence-electron chi connectivity index (χ2n) is 8.98. The minimum atomic E-state index is -5.08. The first kappa shape index (κ1) is 27.4. The molecule has 5 rings (SSSR count). The molecule has 0 bridgehead atoms. The number of hydrogen-bond donors (Lipinski definition) is 2. The van der Waals surface area contributed by atoms with Crippen molar-refractivity contribution in [2.45, 2.75) is 32.4 Å². The number of halogens is 3. The molecule has 4 aromatic heterocycles. The molecule has 1 atom stereocenters. The van der Waals surface area contributed by atoms with E-state index >= 15 is 0 Å². The minimum absolute atomic E-state index is 0.00402. The van der Waals surface area contributed by atoms with Gasteiger partial charge < -0.3 is 15.0 Å². The third kappa shape index (κ3) is 6.64. The lowest BCUT2D eigenvalue weighted by Gasteiger charge is -2.17. The van der Waals surface area contributed by atoms with E-state index in [1.54, 1.807) is 18.6 Å². The standard InChI is InChI=1S/C25H24N6O.C2HF3O2/c1-16-17(2)30-24(29-16)23-12-18(6-9-28-23)20-11-21(14-26-13-20)25(32)31-10-7-19(15-31)22-5-3-4-8-27-22;3-2(4,5)1(6)7/h3-6,8-9,11-14,19H,7,10,15H2,1-2H3,(H,29,30);(H,6,7). The Morgan fingerprint density at radius 2 is 1.82 bits per heavy atom. The van der Waals surface area contributed by atoms with Gasteiger partial charge in [-0.05, 0) is 56.2 Å². The van der Waals surface area contributed by atoms with Gasteiger partial charge in [-0.2, -0.15) is 13.2 Å². The molecule has 1 unspecified atom stereocenters. The summed E-state index contributed by atoms with van der Waals surface area (Å²) in [5, 5.41) is 7.12. The highest BCUT2D eigenvalue weighted by molar-refractivity contribution is 5.95. The smallest absolute Gasteiger partial charge is 0.475 e. The fourth-order valence-electron chi connectivity index (χ4n) is 4.11. The van der Waals surface area contributed by atoms with Crippen LogP contribution in [0.1, 0.15) is 39.8 Å². The maximum atomic E-state index is 13.2. The molecule has 1 amide bonds. The molecule has 9 nitrogen and oxygen atoms in total. The first-order chi connectivity index (χ1) is 18.5. The van der Waals surface area contributed by atoms with E-state index in [2.05, 4.69) is 24.9 Å². The lowest BCUT2D eigenvalue weighted by atomic mass is 10.0. The zero-order chi connectivity index (χ0) is 28.2. The lowest BCUT2D eigenvalue weighted by molar-refractivity contribution is -0.192. The van der Waals surface area contributed by atoms with Gasteiger partial charge >= 0.3 is 12.1 Å². The quantitative estimate of drug-likeness (QED) is 0.382. The number of nitrogens with one attached hydrogen (secondary N) is 1. The van der Waals surface area contributed by atoms with E-state index < -0.39 is 12.1 Å². The Bertz CT molecular complexity index is 1450. The van der Waals surface area contributed by atoms with Crippen LogP contribution >= 0.6 is 0 Å². The summed E-state index contributed by atoms with van der Waals surface area (Å²) in [4.78, 5) is 45.0. The van der Waals surface area contributed by atoms with E-state index in [-0.39, 0.29) is 11.8 Å². The second kappa shape index (κ2) is 11.4. The molecule has 0 spiro atoms. The highest BCUT2D eigenvalue weighted by Gasteiger charge is 2.38. The average molecular weight is 539 g/mol. The highest BCUT2D eigenvalue weighted by atomic mass is 19.4. The van der Waals surface area contributed by atoms with Crippen LogP contribution in [-0.4, -0.2) is 66.1 Å². The van der Waals surface area contributed by atoms with Gasteiger partial charge in [0.1, 0.15) is 5.69 Å². The van der Waals surface area contributed by atoms with Gasteiger partial charge in [-0.1, -0.05) is 6.07 Å². The van der Waals surface area contributed by atoms with Crippen molar-refractivity contribution in [2.75, 3.05) is 13.1 Å². The molecule has 0 saturated carbocycles. The highest BCUT2D eigenvalue weighted by Crippen LogP contribution is 2.28. The second-order valence-corrected chi connectivity index (χ2v) is 8.98. The molecule has 0 aliphatic carbocycles. The molecule has 0 radical (unpaired) electrons. The van der Waals surface area contributed by atoms with Crippen LogP contribution in [0.3, 0.4) is 0 Å². The maximum Gasteiger partial charge on any atom is 0.490 e. The molecule has 5 heterocycles. The first-order valence-electron chi connectivity index (χ1n) is 12.0. The van der Waals surface area contributed by atoms with Crippen LogP contribution in [0.4, 0.5) is 13.2 Å². The molecule has 1 fully saturated rings. The third-order valence-electron chi connectivity index (χ3n) is 6.27. The Hall–Kier alpha value is -4.61. The summed E-state index contributed by atoms with van der Waals surface area (Å²) < 4.78 is 31.7. The predicted octanol–water partition coefficient (Wildman–Crippen LogP) is 4.81. The molecule has 39 heavy (non-hydrogen) atoms. The molecule has 4 aromatic rings. The number of carboxylic acid groups (broad SMARTS) is 1. The number of H-pyrrole nitrogens is 1. The van der Waals surface area contributed by atoms with Crippen LogP contribution in [-0.2, 0) is 4.79 Å². The zero-order valence-corrected chi connectivity index (χ0v) is 21.1. The number of aliphatic carboxylic acids is 1. The summed E-state index contributed by atoms with van der Waals surface area (Å²) in [6.45, 7) is 5.36. The van der Waals surface area contributed by atoms with Gasteiger partial charge in [0.15, 0.2) is 5.82 Å². The predicted molar refractivity (Wildman–Crippen MR) is 136 cm³/mol. The Balaban J connectivity index is 0.000000448. The number of pyridine rings is 3. The van der Waals surface area contributed by atoms with E-state index in [1.807, 2.05) is 61.3 Å². The molecule has 1 aliphatic rings. The van der Waals surface area contributed by atoms with Crippen molar-refractivity contribution in [2.24, 2.45) is 0 Å². The fraction of sp³-hybridized carbons (Fsp3) is 0.259. The van der Waals surface area contributed by atoms with E-state index in [0.717, 1.165) is 52.7 Å². The number of carbonyl (C=O) groups excluding carboxylic acids is 1. The van der Waals surface area contributed by atoms with Crippen molar-refractivity contribution in [1.29, 1.82) is 0 Å². The van der Waals surface area contributed by atoms with Gasteiger partial charge in [0, 0.05) is 60.7 Å². The van der Waals surface area contributed by atoms with Crippen LogP contribution in [0.5, 0.6) is 0 Å². The van der Waals surface area contributed by atoms with Gasteiger partial charge in [-0.25, -0.2) is 9.78 Å². The zero-order valence-electron chi connectivity index (χ0n) is 21.1. The topological polar surface area (TPSA) is 125 Å². The van der Waals surface area contributed by atoms with Crippen molar-refractivity contribution in [3.05, 3.63) is 83.8 Å². The van der Waals surface area contributed by atoms with Gasteiger partial charge in [-0.3, -0.25) is 19.7 Å². The molecule has 1 saturated heterocycles. The third-order valence-corrected chi connectivity index (χ3v) is 6.27. The number of aryl methyl sites for hydroxylation is 2. The number of hydrogen-bond acceptors (Lipinski definition) is 6. The number of carbonyl (C=O) groups is 2. The molecule has 0 aromatic carbocycles. The molecule has 12 heteroatoms. The number of amides is 1. The number of carboxylic acids is 1. The minimum Gasteiger partial charge on any atom is -0.475 e. The normalized spacial score (nSPS) is 15.0. The molecule has 202 valence electrons. The first-order valence-corrected chi connectivity index (χ1v) is 12.0. The number of alkyl halides is 3. The van der Waals surface area contributed by atoms with E-state index in [4.69, 9.17) is 9.90 Å². The van der Waals surface area contributed by atoms with Gasteiger partial charge in [-0.15, -0.1) is 0 Å². The van der Waals surface area contributed by atoms with Crippen LogP contribution < -0.4 is 0 Å². The van der Waals surface area contributed by atoms with Crippen LogP contribution in [0.2, 0.25) is 0 Å². The summed E-state index contributed by atoms with van der Waals surface area (Å²) in [6.07, 6.45) is 2.81. The van der Waals surface area contributed by atoms with Crippen molar-refractivity contribution >= 4 is 11.9 Å². The van der Waals surface area contributed by atoms with Crippen LogP contribution in [0.15, 0.2) is 61.2 Å². The van der Waals surface area contributed by atoms with Crippen LogP contribution in [0, 0.1) is 13.8 Å². The number of aromatic nitrogens is 5. The van der Waals surface area contributed by atoms with Crippen molar-refractivity contribution < 1.29 is 27.9 Å². The SMILES string of the molecule is Cc1nc(-c2cc(-c3cncc(C(=O)N4CCC(c5ccccn5)C4)c3)ccn2)[nH]c1C.O=C(O)C(F)(F)F. The summed E-state index contributed by atoms with van der Waals surface area (Å²) in [7, 11) is 0. The Kier molecular flexibility index (Phi) is 8.03. The Morgan fingerprint density at radius 3 is 2.46 bits per heavy atom. The summed E-state index contributed by atoms with van der Waals surface area (Å²) in [5.74, 6) is -1.74. The lowest BCUT2D eigenvalue weighted by Crippen LogP contribution is -2.28. The monoisotopic (exact) mass is 538 g/mol. The number of aromatic amines is 1. The summed E-state index contributed by atoms with van der Waals surface area (Å²) >= 11 is 0. The van der Waals surface area contributed by atoms with Gasteiger partial charge in [0.25, 0.3) is 5.91 Å². The van der Waals surface area contributed by atoms with Crippen LogP contribution in [0.25, 0.3) is 22.6 Å². The van der Waals surface area contributed by atoms with Crippen molar-refractivity contribution in [3.63, 3.8) is 0 Å². The maximum absolute atomic E-state index is 13.2. The van der Waals surface area contributed by atoms with Gasteiger partial charge in [0.05, 0.1) is 11.3 Å². The van der Waals surface area contributed by atoms with E-state index in [1.165, 1.54) is 0 Å². The molecule has 1 aliphatic heterocycles. The Labute approximate surface area is 221 Å². The Morgan fingerprint density at radius 1 is 1.05 bits per heavy atom. The molecule has 2 N–H and O–H groups in total. The van der Waals surface area contributed by atoms with Gasteiger partial charge in [0.2, 0.25) is 0 Å². The summed E-state index contributed by atoms with van der Waals surface area (Å²) in [5.41, 5.74) is 6.19. The van der Waals surface area contributed by atoms with E-state index in [0.29, 0.717) is 12.1 Å². The fourth-order valence-corrected chi connectivity index (χ4v) is 4.11.